The number of benzene rings is 2. The number of aromatic nitrogens is 2. The van der Waals surface area contributed by atoms with Crippen LogP contribution in [-0.2, 0) is 14.8 Å². The smallest absolute Gasteiger partial charge is 0.264 e. The number of amides is 1. The largest absolute Gasteiger partial charge is 0.340 e. The van der Waals surface area contributed by atoms with Crippen LogP contribution in [0.4, 0.5) is 11.5 Å². The van der Waals surface area contributed by atoms with Crippen molar-refractivity contribution in [2.45, 2.75) is 18.7 Å². The highest BCUT2D eigenvalue weighted by Gasteiger charge is 2.16. The Morgan fingerprint density at radius 3 is 2.37 bits per heavy atom. The van der Waals surface area contributed by atoms with Gasteiger partial charge in [0.2, 0.25) is 5.91 Å². The fourth-order valence-electron chi connectivity index (χ4n) is 2.97. The Morgan fingerprint density at radius 1 is 1.00 bits per heavy atom. The lowest BCUT2D eigenvalue weighted by Crippen LogP contribution is -2.28. The van der Waals surface area contributed by atoms with Gasteiger partial charge >= 0.3 is 0 Å². The summed E-state index contributed by atoms with van der Waals surface area (Å²) in [5.74, 6) is 0.646. The van der Waals surface area contributed by atoms with Crippen LogP contribution in [0.5, 0.6) is 0 Å². The third-order valence-corrected chi connectivity index (χ3v) is 6.80. The minimum absolute atomic E-state index is 0.00848. The molecule has 152 valence electrons. The molecule has 0 aliphatic heterocycles. The minimum Gasteiger partial charge on any atom is -0.340 e. The van der Waals surface area contributed by atoms with E-state index in [1.807, 2.05) is 48.0 Å². The van der Waals surface area contributed by atoms with Crippen LogP contribution in [0.25, 0.3) is 20.7 Å². The molecule has 2 aromatic carbocycles. The van der Waals surface area contributed by atoms with Crippen LogP contribution in [0.2, 0.25) is 0 Å². The van der Waals surface area contributed by atoms with E-state index in [-0.39, 0.29) is 4.90 Å². The number of nitrogens with one attached hydrogen (secondary N) is 2. The van der Waals surface area contributed by atoms with Gasteiger partial charge in [-0.05, 0) is 42.8 Å². The summed E-state index contributed by atoms with van der Waals surface area (Å²) in [5.41, 5.74) is 1.78. The Labute approximate surface area is 177 Å². The summed E-state index contributed by atoms with van der Waals surface area (Å²) in [4.78, 5) is 22.1. The molecule has 0 unspecified atom stereocenters. The van der Waals surface area contributed by atoms with Crippen molar-refractivity contribution in [2.24, 2.45) is 0 Å². The predicted octanol–water partition coefficient (Wildman–Crippen LogP) is 4.24. The fraction of sp³-hybridized carbons (Fsp3) is 0.0952. The lowest BCUT2D eigenvalue weighted by Gasteiger charge is -2.09. The van der Waals surface area contributed by atoms with Gasteiger partial charge in [0.25, 0.3) is 10.0 Å². The van der Waals surface area contributed by atoms with E-state index in [0.717, 1.165) is 27.6 Å². The molecule has 7 nitrogen and oxygen atoms in total. The molecule has 2 heterocycles. The van der Waals surface area contributed by atoms with Crippen molar-refractivity contribution < 1.29 is 13.2 Å². The van der Waals surface area contributed by atoms with Crippen molar-refractivity contribution in [3.63, 3.8) is 0 Å². The molecule has 0 bridgehead atoms. The molecule has 0 radical (unpaired) electrons. The zero-order valence-electron chi connectivity index (χ0n) is 16.2. The summed E-state index contributed by atoms with van der Waals surface area (Å²) in [6.07, 6.45) is 0. The second-order valence-electron chi connectivity index (χ2n) is 6.63. The Bertz CT molecular complexity index is 1330. The van der Waals surface area contributed by atoms with Crippen molar-refractivity contribution >= 4 is 49.0 Å². The molecule has 4 rings (SSSR count). The van der Waals surface area contributed by atoms with Crippen LogP contribution in [0.1, 0.15) is 12.7 Å². The van der Waals surface area contributed by atoms with Crippen LogP contribution in [0.15, 0.2) is 65.6 Å². The van der Waals surface area contributed by atoms with Gasteiger partial charge in [0.15, 0.2) is 0 Å². The zero-order valence-corrected chi connectivity index (χ0v) is 17.8. The molecule has 0 saturated heterocycles. The van der Waals surface area contributed by atoms with Gasteiger partial charge in [0, 0.05) is 17.5 Å². The standard InChI is InChI=1S/C21H18N4O3S2/c1-13-22-20(18-12-19(29-21(18)23-13)15-6-4-3-5-7-15)24-16-8-10-17(11-9-16)30(27,28)25-14(2)26/h3-12H,1-2H3,(H,25,26)(H,22,23,24). The topological polar surface area (TPSA) is 101 Å². The second-order valence-corrected chi connectivity index (χ2v) is 9.34. The Balaban J connectivity index is 1.67. The SMILES string of the molecule is CC(=O)NS(=O)(=O)c1ccc(Nc2nc(C)nc3sc(-c4ccccc4)cc23)cc1. The van der Waals surface area contributed by atoms with Crippen molar-refractivity contribution in [3.05, 3.63) is 66.5 Å². The van der Waals surface area contributed by atoms with Gasteiger partial charge in [-0.25, -0.2) is 23.1 Å². The maximum Gasteiger partial charge on any atom is 0.264 e. The Kier molecular flexibility index (Phi) is 5.23. The second kappa shape index (κ2) is 7.85. The number of thiophene rings is 1. The third-order valence-electron chi connectivity index (χ3n) is 4.27. The monoisotopic (exact) mass is 438 g/mol. The van der Waals surface area contributed by atoms with E-state index >= 15 is 0 Å². The fourth-order valence-corrected chi connectivity index (χ4v) is 5.04. The molecule has 2 aromatic heterocycles. The van der Waals surface area contributed by atoms with E-state index in [1.165, 1.54) is 12.1 Å². The van der Waals surface area contributed by atoms with Crippen molar-refractivity contribution in [1.82, 2.24) is 14.7 Å². The van der Waals surface area contributed by atoms with Gasteiger partial charge in [-0.15, -0.1) is 11.3 Å². The highest BCUT2D eigenvalue weighted by Crippen LogP contribution is 2.36. The summed E-state index contributed by atoms with van der Waals surface area (Å²) < 4.78 is 26.1. The Hall–Kier alpha value is -3.30. The summed E-state index contributed by atoms with van der Waals surface area (Å²) in [6.45, 7) is 2.98. The molecular formula is C21H18N4O3S2. The van der Waals surface area contributed by atoms with Gasteiger partial charge < -0.3 is 5.32 Å². The van der Waals surface area contributed by atoms with Gasteiger partial charge in [-0.1, -0.05) is 30.3 Å². The van der Waals surface area contributed by atoms with Crippen molar-refractivity contribution in [1.29, 1.82) is 0 Å². The number of hydrogen-bond donors (Lipinski definition) is 2. The molecule has 0 aliphatic carbocycles. The molecule has 0 aliphatic rings. The molecule has 9 heteroatoms. The molecule has 0 fully saturated rings. The number of anilines is 2. The highest BCUT2D eigenvalue weighted by atomic mass is 32.2. The first-order valence-corrected chi connectivity index (χ1v) is 11.4. The predicted molar refractivity (Wildman–Crippen MR) is 118 cm³/mol. The number of fused-ring (bicyclic) bond motifs is 1. The van der Waals surface area contributed by atoms with Crippen LogP contribution in [0, 0.1) is 6.92 Å². The van der Waals surface area contributed by atoms with E-state index in [2.05, 4.69) is 15.3 Å². The van der Waals surface area contributed by atoms with Gasteiger partial charge in [0.1, 0.15) is 16.5 Å². The van der Waals surface area contributed by atoms with E-state index in [0.29, 0.717) is 17.3 Å². The van der Waals surface area contributed by atoms with Crippen molar-refractivity contribution in [3.8, 4) is 10.4 Å². The van der Waals surface area contributed by atoms with Gasteiger partial charge in [0.05, 0.1) is 10.3 Å². The molecule has 4 aromatic rings. The highest BCUT2D eigenvalue weighted by molar-refractivity contribution is 7.90. The number of carbonyl (C=O) groups is 1. The van der Waals surface area contributed by atoms with E-state index in [9.17, 15) is 13.2 Å². The molecule has 0 saturated carbocycles. The number of hydrogen-bond acceptors (Lipinski definition) is 7. The maximum atomic E-state index is 12.1. The summed E-state index contributed by atoms with van der Waals surface area (Å²) in [6, 6.07) is 18.2. The third kappa shape index (κ3) is 4.17. The number of carbonyl (C=O) groups excluding carboxylic acids is 1. The average Bonchev–Trinajstić information content (AvgIpc) is 3.12. The summed E-state index contributed by atoms with van der Waals surface area (Å²) in [5, 5.41) is 4.13. The van der Waals surface area contributed by atoms with E-state index in [4.69, 9.17) is 0 Å². The molecule has 30 heavy (non-hydrogen) atoms. The first-order chi connectivity index (χ1) is 14.3. The minimum atomic E-state index is -3.87. The van der Waals surface area contributed by atoms with E-state index in [1.54, 1.807) is 23.5 Å². The summed E-state index contributed by atoms with van der Waals surface area (Å²) in [7, 11) is -3.87. The van der Waals surface area contributed by atoms with Crippen LogP contribution in [-0.4, -0.2) is 24.3 Å². The number of aryl methyl sites for hydroxylation is 1. The first-order valence-electron chi connectivity index (χ1n) is 9.06. The van der Waals surface area contributed by atoms with Crippen LogP contribution < -0.4 is 10.0 Å². The van der Waals surface area contributed by atoms with E-state index < -0.39 is 15.9 Å². The quantitative estimate of drug-likeness (QED) is 0.483. The molecular weight excluding hydrogens is 420 g/mol. The summed E-state index contributed by atoms with van der Waals surface area (Å²) >= 11 is 1.59. The molecule has 0 spiro atoms. The molecule has 0 atom stereocenters. The number of rotatable bonds is 5. The van der Waals surface area contributed by atoms with Gasteiger partial charge in [-0.3, -0.25) is 4.79 Å². The molecule has 2 N–H and O–H groups in total. The average molecular weight is 439 g/mol. The van der Waals surface area contributed by atoms with Crippen LogP contribution in [0.3, 0.4) is 0 Å². The lowest BCUT2D eigenvalue weighted by atomic mass is 10.2. The Morgan fingerprint density at radius 2 is 1.70 bits per heavy atom. The van der Waals surface area contributed by atoms with Crippen LogP contribution >= 0.6 is 11.3 Å². The maximum absolute atomic E-state index is 12.1. The normalized spacial score (nSPS) is 11.4. The van der Waals surface area contributed by atoms with Gasteiger partial charge in [-0.2, -0.15) is 0 Å². The first kappa shape index (κ1) is 20.0. The molecule has 1 amide bonds. The number of sulfonamides is 1. The lowest BCUT2D eigenvalue weighted by molar-refractivity contribution is -0.117. The van der Waals surface area contributed by atoms with Crippen molar-refractivity contribution in [2.75, 3.05) is 5.32 Å². The number of nitrogens with zero attached hydrogens (tertiary/aromatic N) is 2. The zero-order chi connectivity index (χ0) is 21.3.